The van der Waals surface area contributed by atoms with Crippen LogP contribution in [-0.2, 0) is 6.42 Å². The molecular weight excluding hydrogens is 268 g/mol. The Labute approximate surface area is 126 Å². The topological polar surface area (TPSA) is 82.2 Å². The summed E-state index contributed by atoms with van der Waals surface area (Å²) in [5.74, 6) is 2.42. The Bertz CT molecular complexity index is 449. The van der Waals surface area contributed by atoms with Crippen molar-refractivity contribution in [2.75, 3.05) is 44.4 Å². The maximum Gasteiger partial charge on any atom is 0.316 e. The molecule has 1 aromatic rings. The number of aryl methyl sites for hydroxylation is 1. The lowest BCUT2D eigenvalue weighted by atomic mass is 10.4. The number of aromatic nitrogens is 2. The molecule has 0 aliphatic carbocycles. The van der Waals surface area contributed by atoms with Crippen LogP contribution in [0.1, 0.15) is 26.1 Å². The molecule has 7 heteroatoms. The van der Waals surface area contributed by atoms with Gasteiger partial charge in [0.2, 0.25) is 0 Å². The van der Waals surface area contributed by atoms with Crippen molar-refractivity contribution in [3.63, 3.8) is 0 Å². The fraction of sp³-hybridized carbons (Fsp3) is 0.643. The van der Waals surface area contributed by atoms with E-state index in [9.17, 15) is 4.79 Å². The van der Waals surface area contributed by atoms with Gasteiger partial charge < -0.3 is 20.9 Å². The lowest BCUT2D eigenvalue weighted by molar-refractivity contribution is 0.218. The number of carbonyl (C=O) groups excluding carboxylic acids is 1. The molecule has 0 radical (unpaired) electrons. The molecule has 7 nitrogen and oxygen atoms in total. The lowest BCUT2D eigenvalue weighted by Crippen LogP contribution is -2.37. The van der Waals surface area contributed by atoms with Gasteiger partial charge in [-0.25, -0.2) is 14.8 Å². The van der Waals surface area contributed by atoms with Gasteiger partial charge in [0.05, 0.1) is 0 Å². The van der Waals surface area contributed by atoms with E-state index in [4.69, 9.17) is 0 Å². The van der Waals surface area contributed by atoms with Crippen LogP contribution in [0.4, 0.5) is 16.4 Å². The number of nitrogens with zero attached hydrogens (tertiary/aromatic N) is 3. The molecule has 1 rings (SSSR count). The minimum absolute atomic E-state index is 0.0981. The van der Waals surface area contributed by atoms with Crippen LogP contribution in [0, 0.1) is 0 Å². The first-order valence-electron chi connectivity index (χ1n) is 7.37. The van der Waals surface area contributed by atoms with Gasteiger partial charge >= 0.3 is 6.03 Å². The molecule has 21 heavy (non-hydrogen) atoms. The monoisotopic (exact) mass is 294 g/mol. The zero-order valence-corrected chi connectivity index (χ0v) is 13.4. The smallest absolute Gasteiger partial charge is 0.316 e. The normalized spacial score (nSPS) is 10.1. The van der Waals surface area contributed by atoms with Gasteiger partial charge in [-0.2, -0.15) is 0 Å². The van der Waals surface area contributed by atoms with Crippen LogP contribution < -0.4 is 16.0 Å². The van der Waals surface area contributed by atoms with E-state index in [1.807, 2.05) is 13.0 Å². The molecule has 0 unspecified atom stereocenters. The highest BCUT2D eigenvalue weighted by molar-refractivity contribution is 5.73. The van der Waals surface area contributed by atoms with Crippen LogP contribution in [0.25, 0.3) is 0 Å². The summed E-state index contributed by atoms with van der Waals surface area (Å²) in [6, 6.07) is 1.79. The van der Waals surface area contributed by atoms with Crippen molar-refractivity contribution in [2.45, 2.75) is 26.7 Å². The summed E-state index contributed by atoms with van der Waals surface area (Å²) in [6.45, 7) is 6.19. The Morgan fingerprint density at radius 1 is 1.10 bits per heavy atom. The first-order valence-corrected chi connectivity index (χ1v) is 7.37. The Morgan fingerprint density at radius 2 is 1.71 bits per heavy atom. The highest BCUT2D eigenvalue weighted by Gasteiger charge is 2.04. The van der Waals surface area contributed by atoms with E-state index in [0.29, 0.717) is 13.1 Å². The number of urea groups is 1. The second kappa shape index (κ2) is 8.99. The van der Waals surface area contributed by atoms with E-state index in [1.54, 1.807) is 14.1 Å². The minimum atomic E-state index is -0.0981. The fourth-order valence-electron chi connectivity index (χ4n) is 1.61. The molecule has 1 heterocycles. The third-order valence-electron chi connectivity index (χ3n) is 2.76. The van der Waals surface area contributed by atoms with E-state index in [-0.39, 0.29) is 6.03 Å². The lowest BCUT2D eigenvalue weighted by Gasteiger charge is -2.13. The van der Waals surface area contributed by atoms with Crippen molar-refractivity contribution >= 4 is 17.7 Å². The third kappa shape index (κ3) is 6.29. The number of amides is 2. The Morgan fingerprint density at radius 3 is 2.24 bits per heavy atom. The molecule has 0 saturated carbocycles. The number of anilines is 2. The predicted molar refractivity (Wildman–Crippen MR) is 85.8 cm³/mol. The van der Waals surface area contributed by atoms with Crippen molar-refractivity contribution < 1.29 is 4.79 Å². The van der Waals surface area contributed by atoms with Gasteiger partial charge in [-0.05, 0) is 6.42 Å². The van der Waals surface area contributed by atoms with Crippen molar-refractivity contribution in [1.82, 2.24) is 20.2 Å². The molecular formula is C14H26N6O. The molecule has 0 bridgehead atoms. The second-order valence-electron chi connectivity index (χ2n) is 4.89. The Balaban J connectivity index is 2.51. The van der Waals surface area contributed by atoms with E-state index in [0.717, 1.165) is 36.8 Å². The summed E-state index contributed by atoms with van der Waals surface area (Å²) in [5, 5.41) is 9.27. The first kappa shape index (κ1) is 17.0. The van der Waals surface area contributed by atoms with Crippen LogP contribution in [0.3, 0.4) is 0 Å². The fourth-order valence-corrected chi connectivity index (χ4v) is 1.61. The first-order chi connectivity index (χ1) is 10.1. The van der Waals surface area contributed by atoms with E-state index in [1.165, 1.54) is 4.90 Å². The van der Waals surface area contributed by atoms with Gasteiger partial charge in [0.15, 0.2) is 0 Å². The molecule has 0 saturated heterocycles. The molecule has 0 fully saturated rings. The summed E-state index contributed by atoms with van der Waals surface area (Å²) >= 11 is 0. The van der Waals surface area contributed by atoms with Crippen LogP contribution in [0.15, 0.2) is 6.07 Å². The van der Waals surface area contributed by atoms with Gasteiger partial charge in [-0.3, -0.25) is 0 Å². The number of hydrogen-bond acceptors (Lipinski definition) is 5. The van der Waals surface area contributed by atoms with Crippen LogP contribution in [-0.4, -0.2) is 54.6 Å². The maximum atomic E-state index is 11.4. The average molecular weight is 294 g/mol. The maximum absolute atomic E-state index is 11.4. The minimum Gasteiger partial charge on any atom is -0.370 e. The Hall–Kier alpha value is -2.05. The van der Waals surface area contributed by atoms with Crippen LogP contribution >= 0.6 is 0 Å². The second-order valence-corrected chi connectivity index (χ2v) is 4.89. The van der Waals surface area contributed by atoms with Crippen molar-refractivity contribution in [3.05, 3.63) is 11.9 Å². The van der Waals surface area contributed by atoms with Crippen molar-refractivity contribution in [1.29, 1.82) is 0 Å². The molecule has 0 aliphatic rings. The predicted octanol–water partition coefficient (Wildman–Crippen LogP) is 1.54. The van der Waals surface area contributed by atoms with Crippen molar-refractivity contribution in [3.8, 4) is 0 Å². The molecule has 0 spiro atoms. The average Bonchev–Trinajstić information content (AvgIpc) is 2.48. The van der Waals surface area contributed by atoms with Crippen LogP contribution in [0.5, 0.6) is 0 Å². The van der Waals surface area contributed by atoms with E-state index in [2.05, 4.69) is 32.8 Å². The molecule has 0 atom stereocenters. The highest BCUT2D eigenvalue weighted by atomic mass is 16.2. The molecule has 1 aromatic heterocycles. The summed E-state index contributed by atoms with van der Waals surface area (Å²) < 4.78 is 0. The standard InChI is InChI=1S/C14H26N6O/c1-5-7-15-12-10-13(19-11(6-2)18-12)16-8-9-17-14(21)20(3)4/h10H,5-9H2,1-4H3,(H,17,21)(H2,15,16,18,19). The molecule has 0 aromatic carbocycles. The number of hydrogen-bond donors (Lipinski definition) is 3. The van der Waals surface area contributed by atoms with Gasteiger partial charge in [0.1, 0.15) is 17.5 Å². The molecule has 2 amide bonds. The quantitative estimate of drug-likeness (QED) is 0.634. The highest BCUT2D eigenvalue weighted by Crippen LogP contribution is 2.11. The van der Waals surface area contributed by atoms with Gasteiger partial charge in [0.25, 0.3) is 0 Å². The largest absolute Gasteiger partial charge is 0.370 e. The SMILES string of the molecule is CCCNc1cc(NCCNC(=O)N(C)C)nc(CC)n1. The third-order valence-corrected chi connectivity index (χ3v) is 2.76. The van der Waals surface area contributed by atoms with E-state index < -0.39 is 0 Å². The molecule has 0 aliphatic heterocycles. The van der Waals surface area contributed by atoms with Gasteiger partial charge in [0, 0.05) is 46.2 Å². The summed E-state index contributed by atoms with van der Waals surface area (Å²) in [4.78, 5) is 21.7. The van der Waals surface area contributed by atoms with Crippen LogP contribution in [0.2, 0.25) is 0 Å². The van der Waals surface area contributed by atoms with Crippen molar-refractivity contribution in [2.24, 2.45) is 0 Å². The molecule has 118 valence electrons. The zero-order chi connectivity index (χ0) is 15.7. The number of rotatable bonds is 8. The van der Waals surface area contributed by atoms with E-state index >= 15 is 0 Å². The summed E-state index contributed by atoms with van der Waals surface area (Å²) in [5.41, 5.74) is 0. The zero-order valence-electron chi connectivity index (χ0n) is 13.4. The van der Waals surface area contributed by atoms with Gasteiger partial charge in [-0.1, -0.05) is 13.8 Å². The number of carbonyl (C=O) groups is 1. The van der Waals surface area contributed by atoms with Gasteiger partial charge in [-0.15, -0.1) is 0 Å². The number of nitrogens with one attached hydrogen (secondary N) is 3. The summed E-state index contributed by atoms with van der Waals surface area (Å²) in [7, 11) is 3.43. The molecule has 3 N–H and O–H groups in total. The summed E-state index contributed by atoms with van der Waals surface area (Å²) in [6.07, 6.45) is 1.83. The Kier molecular flexibility index (Phi) is 7.28.